The molecule has 0 bridgehead atoms. The fourth-order valence-electron chi connectivity index (χ4n) is 0.787. The van der Waals surface area contributed by atoms with E-state index in [0.717, 1.165) is 19.4 Å². The maximum atomic E-state index is 5.80. The predicted molar refractivity (Wildman–Crippen MR) is 39.6 cm³/mol. The van der Waals surface area contributed by atoms with Crippen LogP contribution >= 0.6 is 27.5 Å². The Morgan fingerprint density at radius 3 is 2.62 bits per heavy atom. The summed E-state index contributed by atoms with van der Waals surface area (Å²) in [4.78, 5) is 0.498. The highest BCUT2D eigenvalue weighted by Crippen LogP contribution is 2.15. The lowest BCUT2D eigenvalue weighted by Gasteiger charge is -2.21. The number of nitrogens with one attached hydrogen (secondary N) is 1. The molecule has 0 amide bonds. The van der Waals surface area contributed by atoms with Crippen LogP contribution in [-0.2, 0) is 0 Å². The second-order valence-corrected chi connectivity index (χ2v) is 3.77. The van der Waals surface area contributed by atoms with Gasteiger partial charge in [-0.1, -0.05) is 15.9 Å². The Labute approximate surface area is 62.9 Å². The van der Waals surface area contributed by atoms with Gasteiger partial charge in [0.25, 0.3) is 0 Å². The average molecular weight is 198 g/mol. The van der Waals surface area contributed by atoms with Crippen molar-refractivity contribution < 1.29 is 0 Å². The van der Waals surface area contributed by atoms with E-state index in [1.807, 2.05) is 0 Å². The van der Waals surface area contributed by atoms with Gasteiger partial charge < -0.3 is 5.32 Å². The fourth-order valence-corrected chi connectivity index (χ4v) is 1.45. The summed E-state index contributed by atoms with van der Waals surface area (Å²) in [6, 6.07) is 0. The van der Waals surface area contributed by atoms with E-state index >= 15 is 0 Å². The Hall–Kier alpha value is 0.730. The molecule has 3 heteroatoms. The first-order chi connectivity index (χ1) is 3.79. The van der Waals surface area contributed by atoms with Gasteiger partial charge in [-0.15, -0.1) is 11.6 Å². The summed E-state index contributed by atoms with van der Waals surface area (Å²) in [5, 5.41) is 3.57. The van der Waals surface area contributed by atoms with E-state index in [1.165, 1.54) is 0 Å². The van der Waals surface area contributed by atoms with Crippen molar-refractivity contribution in [3.05, 3.63) is 0 Å². The van der Waals surface area contributed by atoms with Gasteiger partial charge in [0.2, 0.25) is 0 Å². The quantitative estimate of drug-likeness (QED) is 0.461. The molecule has 0 aromatic heterocycles. The van der Waals surface area contributed by atoms with Gasteiger partial charge in [0.05, 0.1) is 4.95 Å². The van der Waals surface area contributed by atoms with Crippen molar-refractivity contribution in [2.75, 3.05) is 6.54 Å². The summed E-state index contributed by atoms with van der Waals surface area (Å²) in [5.74, 6) is 0. The molecule has 1 aliphatic rings. The van der Waals surface area contributed by atoms with E-state index < -0.39 is 0 Å². The predicted octanol–water partition coefficient (Wildman–Crippen LogP) is 1.70. The van der Waals surface area contributed by atoms with Gasteiger partial charge in [-0.2, -0.15) is 0 Å². The van der Waals surface area contributed by atoms with E-state index in [0.29, 0.717) is 10.3 Å². The second-order valence-electron chi connectivity index (χ2n) is 2.05. The zero-order valence-corrected chi connectivity index (χ0v) is 6.87. The van der Waals surface area contributed by atoms with Gasteiger partial charge >= 0.3 is 0 Å². The topological polar surface area (TPSA) is 12.0 Å². The lowest BCUT2D eigenvalue weighted by Crippen LogP contribution is -2.35. The Morgan fingerprint density at radius 2 is 2.25 bits per heavy atom. The smallest absolute Gasteiger partial charge is 0.0631 e. The van der Waals surface area contributed by atoms with Crippen molar-refractivity contribution in [2.45, 2.75) is 23.2 Å². The van der Waals surface area contributed by atoms with Crippen LogP contribution in [0.25, 0.3) is 0 Å². The van der Waals surface area contributed by atoms with Crippen LogP contribution in [0.2, 0.25) is 0 Å². The summed E-state index contributed by atoms with van der Waals surface area (Å²) in [6.45, 7) is 0.942. The summed E-state index contributed by atoms with van der Waals surface area (Å²) in [6.07, 6.45) is 2.28. The number of alkyl halides is 2. The van der Waals surface area contributed by atoms with Crippen LogP contribution in [-0.4, -0.2) is 16.9 Å². The first kappa shape index (κ1) is 6.84. The maximum absolute atomic E-state index is 5.80. The first-order valence-electron chi connectivity index (χ1n) is 2.80. The van der Waals surface area contributed by atoms with Crippen molar-refractivity contribution in [3.63, 3.8) is 0 Å². The van der Waals surface area contributed by atoms with Crippen molar-refractivity contribution in [1.82, 2.24) is 5.32 Å². The summed E-state index contributed by atoms with van der Waals surface area (Å²) in [5.41, 5.74) is 0. The third-order valence-electron chi connectivity index (χ3n) is 1.29. The standard InChI is InChI=1S/C5H9BrClN/c6-5-2-1-4(7)3-8-5/h4-5,8H,1-3H2. The average Bonchev–Trinajstić information content (AvgIpc) is 1.77. The number of piperidine rings is 1. The molecular weight excluding hydrogens is 189 g/mol. The molecule has 1 nitrogen and oxygen atoms in total. The van der Waals surface area contributed by atoms with Gasteiger partial charge in [0.15, 0.2) is 0 Å². The Morgan fingerprint density at radius 1 is 1.50 bits per heavy atom. The first-order valence-corrected chi connectivity index (χ1v) is 4.16. The number of hydrogen-bond acceptors (Lipinski definition) is 1. The van der Waals surface area contributed by atoms with Gasteiger partial charge in [-0.05, 0) is 12.8 Å². The summed E-state index contributed by atoms with van der Waals surface area (Å²) < 4.78 is 0. The zero-order chi connectivity index (χ0) is 5.98. The normalized spacial score (nSPS) is 39.8. The summed E-state index contributed by atoms with van der Waals surface area (Å²) >= 11 is 9.24. The Balaban J connectivity index is 2.19. The number of halogens is 2. The van der Waals surface area contributed by atoms with Crippen LogP contribution in [0.4, 0.5) is 0 Å². The molecule has 0 aliphatic carbocycles. The minimum absolute atomic E-state index is 0.351. The van der Waals surface area contributed by atoms with E-state index in [-0.39, 0.29) is 0 Å². The number of rotatable bonds is 0. The largest absolute Gasteiger partial charge is 0.303 e. The van der Waals surface area contributed by atoms with Crippen molar-refractivity contribution >= 4 is 27.5 Å². The maximum Gasteiger partial charge on any atom is 0.0631 e. The Bertz CT molecular complexity index is 60.8. The van der Waals surface area contributed by atoms with Crippen molar-refractivity contribution in [3.8, 4) is 0 Å². The lowest BCUT2D eigenvalue weighted by atomic mass is 10.2. The van der Waals surface area contributed by atoms with Gasteiger partial charge in [-0.3, -0.25) is 0 Å². The van der Waals surface area contributed by atoms with E-state index in [2.05, 4.69) is 21.2 Å². The third kappa shape index (κ3) is 1.92. The van der Waals surface area contributed by atoms with Crippen LogP contribution in [0.5, 0.6) is 0 Å². The third-order valence-corrected chi connectivity index (χ3v) is 2.45. The minimum atomic E-state index is 0.351. The van der Waals surface area contributed by atoms with E-state index in [1.54, 1.807) is 0 Å². The van der Waals surface area contributed by atoms with E-state index in [9.17, 15) is 0 Å². The highest BCUT2D eigenvalue weighted by Gasteiger charge is 2.14. The SMILES string of the molecule is ClC1CCC(Br)NC1. The molecule has 1 rings (SSSR count). The van der Waals surface area contributed by atoms with Gasteiger partial charge in [0, 0.05) is 11.9 Å². The fraction of sp³-hybridized carbons (Fsp3) is 1.00. The van der Waals surface area contributed by atoms with Gasteiger partial charge in [-0.25, -0.2) is 0 Å². The second kappa shape index (κ2) is 3.04. The van der Waals surface area contributed by atoms with Crippen LogP contribution < -0.4 is 5.32 Å². The molecule has 2 unspecified atom stereocenters. The summed E-state index contributed by atoms with van der Waals surface area (Å²) in [7, 11) is 0. The van der Waals surface area contributed by atoms with Crippen LogP contribution in [0.1, 0.15) is 12.8 Å². The van der Waals surface area contributed by atoms with Crippen molar-refractivity contribution in [2.24, 2.45) is 0 Å². The molecule has 1 aliphatic heterocycles. The Kier molecular flexibility index (Phi) is 2.60. The minimum Gasteiger partial charge on any atom is -0.303 e. The van der Waals surface area contributed by atoms with Crippen LogP contribution in [0, 0.1) is 0 Å². The van der Waals surface area contributed by atoms with E-state index in [4.69, 9.17) is 11.6 Å². The molecule has 48 valence electrons. The monoisotopic (exact) mass is 197 g/mol. The number of hydrogen-bond donors (Lipinski definition) is 1. The zero-order valence-electron chi connectivity index (χ0n) is 4.53. The molecule has 1 saturated heterocycles. The molecule has 2 atom stereocenters. The molecule has 1 fully saturated rings. The highest BCUT2D eigenvalue weighted by atomic mass is 79.9. The molecule has 1 N–H and O–H groups in total. The highest BCUT2D eigenvalue weighted by molar-refractivity contribution is 9.09. The molecule has 0 aromatic rings. The van der Waals surface area contributed by atoms with Crippen LogP contribution in [0.3, 0.4) is 0 Å². The lowest BCUT2D eigenvalue weighted by molar-refractivity contribution is 0.503. The molecular formula is C5H9BrClN. The van der Waals surface area contributed by atoms with Crippen LogP contribution in [0.15, 0.2) is 0 Å². The van der Waals surface area contributed by atoms with Gasteiger partial charge in [0.1, 0.15) is 0 Å². The molecule has 0 spiro atoms. The molecule has 0 aromatic carbocycles. The molecule has 1 heterocycles. The molecule has 0 radical (unpaired) electrons. The molecule has 0 saturated carbocycles. The molecule has 8 heavy (non-hydrogen) atoms. The van der Waals surface area contributed by atoms with Crippen molar-refractivity contribution in [1.29, 1.82) is 0 Å².